The Kier molecular flexibility index (Phi) is 2.57. The molecule has 1 aliphatic rings. The SMILES string of the molecule is C[I-]C1=CC=C(N)CC1. The molecule has 0 aliphatic heterocycles. The van der Waals surface area contributed by atoms with Gasteiger partial charge in [0.2, 0.25) is 0 Å². The Bertz CT molecular complexity index is 158. The van der Waals surface area contributed by atoms with E-state index in [-0.39, 0.29) is 0 Å². The molecule has 1 aliphatic carbocycles. The summed E-state index contributed by atoms with van der Waals surface area (Å²) in [5.41, 5.74) is 6.62. The number of hydrogen-bond donors (Lipinski definition) is 1. The van der Waals surface area contributed by atoms with E-state index in [1.807, 2.05) is 6.08 Å². The molecule has 0 unspecified atom stereocenters. The van der Waals surface area contributed by atoms with E-state index in [0.717, 1.165) is 12.1 Å². The van der Waals surface area contributed by atoms with E-state index in [2.05, 4.69) is 11.0 Å². The van der Waals surface area contributed by atoms with Gasteiger partial charge in [-0.05, 0) is 0 Å². The van der Waals surface area contributed by atoms with E-state index >= 15 is 0 Å². The van der Waals surface area contributed by atoms with E-state index in [9.17, 15) is 0 Å². The van der Waals surface area contributed by atoms with Crippen molar-refractivity contribution >= 4 is 0 Å². The van der Waals surface area contributed by atoms with Gasteiger partial charge in [0.1, 0.15) is 0 Å². The second-order valence-corrected chi connectivity index (χ2v) is 4.51. The summed E-state index contributed by atoms with van der Waals surface area (Å²) in [5.74, 6) is 0. The zero-order valence-electron chi connectivity index (χ0n) is 5.52. The van der Waals surface area contributed by atoms with Crippen LogP contribution in [-0.4, -0.2) is 4.93 Å². The third-order valence-corrected chi connectivity index (χ3v) is 3.66. The monoisotopic (exact) mass is 236 g/mol. The van der Waals surface area contributed by atoms with Crippen molar-refractivity contribution in [2.24, 2.45) is 5.73 Å². The number of hydrogen-bond acceptors (Lipinski definition) is 1. The molecule has 0 saturated heterocycles. The van der Waals surface area contributed by atoms with Crippen LogP contribution >= 0.6 is 0 Å². The van der Waals surface area contributed by atoms with Gasteiger partial charge in [0.25, 0.3) is 0 Å². The number of nitrogens with two attached hydrogens (primary N) is 1. The molecule has 0 saturated carbocycles. The molecular weight excluding hydrogens is 225 g/mol. The van der Waals surface area contributed by atoms with Gasteiger partial charge in [0.15, 0.2) is 0 Å². The third kappa shape index (κ3) is 2.01. The van der Waals surface area contributed by atoms with Gasteiger partial charge < -0.3 is 0 Å². The molecule has 0 amide bonds. The number of rotatable bonds is 1. The van der Waals surface area contributed by atoms with Crippen LogP contribution in [-0.2, 0) is 0 Å². The minimum absolute atomic E-state index is 0.328. The zero-order valence-corrected chi connectivity index (χ0v) is 7.68. The number of halogens is 1. The first-order chi connectivity index (χ1) is 4.33. The quantitative estimate of drug-likeness (QED) is 0.423. The van der Waals surface area contributed by atoms with Gasteiger partial charge in [0, 0.05) is 0 Å². The summed E-state index contributed by atoms with van der Waals surface area (Å²) in [6.45, 7) is 0. The van der Waals surface area contributed by atoms with Crippen molar-refractivity contribution in [2.75, 3.05) is 4.93 Å². The van der Waals surface area contributed by atoms with Gasteiger partial charge in [0.05, 0.1) is 0 Å². The Hall–Kier alpha value is 0.01000. The van der Waals surface area contributed by atoms with Gasteiger partial charge >= 0.3 is 66.1 Å². The van der Waals surface area contributed by atoms with E-state index in [4.69, 9.17) is 5.73 Å². The van der Waals surface area contributed by atoms with Crippen LogP contribution in [0.3, 0.4) is 0 Å². The molecule has 0 fully saturated rings. The minimum atomic E-state index is 0.328. The Balaban J connectivity index is 2.59. The van der Waals surface area contributed by atoms with Crippen molar-refractivity contribution in [3.63, 3.8) is 0 Å². The summed E-state index contributed by atoms with van der Waals surface area (Å²) < 4.78 is 1.63. The fraction of sp³-hybridized carbons (Fsp3) is 0.429. The molecular formula is C7H11IN-. The Morgan fingerprint density at radius 3 is 2.67 bits per heavy atom. The van der Waals surface area contributed by atoms with Crippen molar-refractivity contribution in [3.8, 4) is 0 Å². The van der Waals surface area contributed by atoms with Crippen molar-refractivity contribution in [1.29, 1.82) is 0 Å². The van der Waals surface area contributed by atoms with Gasteiger partial charge in [-0.3, -0.25) is 0 Å². The second-order valence-electron chi connectivity index (χ2n) is 2.04. The summed E-state index contributed by atoms with van der Waals surface area (Å²) in [5, 5.41) is 0. The van der Waals surface area contributed by atoms with Crippen molar-refractivity contribution < 1.29 is 21.2 Å². The van der Waals surface area contributed by atoms with E-state index in [0.29, 0.717) is 21.2 Å². The third-order valence-electron chi connectivity index (χ3n) is 1.37. The maximum absolute atomic E-state index is 5.58. The molecule has 0 heterocycles. The summed E-state index contributed by atoms with van der Waals surface area (Å²) in [6.07, 6.45) is 6.53. The molecule has 9 heavy (non-hydrogen) atoms. The average Bonchev–Trinajstić information content (AvgIpc) is 1.90. The van der Waals surface area contributed by atoms with Crippen LogP contribution in [0.15, 0.2) is 21.4 Å². The molecule has 0 radical (unpaired) electrons. The Labute approximate surface area is 66.3 Å². The maximum atomic E-state index is 5.58. The van der Waals surface area contributed by atoms with Crippen LogP contribution in [0.1, 0.15) is 12.8 Å². The Morgan fingerprint density at radius 1 is 1.44 bits per heavy atom. The number of alkyl halides is 1. The fourth-order valence-electron chi connectivity index (χ4n) is 0.785. The van der Waals surface area contributed by atoms with Crippen LogP contribution in [0.4, 0.5) is 0 Å². The molecule has 0 atom stereocenters. The standard InChI is InChI=1S/C7H11IN/c1-8-6-2-4-7(9)5-3-6/h2,4H,3,5,9H2,1H3/q-1. The van der Waals surface area contributed by atoms with Crippen LogP contribution < -0.4 is 26.9 Å². The molecule has 1 nitrogen and oxygen atoms in total. The molecule has 0 aromatic carbocycles. The molecule has 0 aromatic rings. The van der Waals surface area contributed by atoms with Gasteiger partial charge in [-0.1, -0.05) is 0 Å². The van der Waals surface area contributed by atoms with E-state index < -0.39 is 0 Å². The average molecular weight is 236 g/mol. The molecule has 0 bridgehead atoms. The second kappa shape index (κ2) is 3.25. The van der Waals surface area contributed by atoms with Crippen LogP contribution in [0.2, 0.25) is 0 Å². The molecule has 2 N–H and O–H groups in total. The predicted molar refractivity (Wildman–Crippen MR) is 35.5 cm³/mol. The topological polar surface area (TPSA) is 26.0 Å². The summed E-state index contributed by atoms with van der Waals surface area (Å²) in [6, 6.07) is 0. The zero-order chi connectivity index (χ0) is 6.69. The fourth-order valence-corrected chi connectivity index (χ4v) is 2.13. The van der Waals surface area contributed by atoms with Gasteiger partial charge in [-0.15, -0.1) is 0 Å². The van der Waals surface area contributed by atoms with Crippen molar-refractivity contribution in [2.45, 2.75) is 12.8 Å². The van der Waals surface area contributed by atoms with Gasteiger partial charge in [-0.2, -0.15) is 0 Å². The van der Waals surface area contributed by atoms with E-state index in [1.165, 1.54) is 6.42 Å². The van der Waals surface area contributed by atoms with Crippen molar-refractivity contribution in [3.05, 3.63) is 21.4 Å². The molecule has 0 aromatic heterocycles. The molecule has 1 rings (SSSR count). The van der Waals surface area contributed by atoms with Crippen LogP contribution in [0.5, 0.6) is 0 Å². The first-order valence-electron chi connectivity index (χ1n) is 2.97. The van der Waals surface area contributed by atoms with Gasteiger partial charge in [-0.25, -0.2) is 0 Å². The number of allylic oxidation sites excluding steroid dienone is 4. The molecule has 2 heteroatoms. The predicted octanol–water partition coefficient (Wildman–Crippen LogP) is -1.77. The van der Waals surface area contributed by atoms with Crippen molar-refractivity contribution in [1.82, 2.24) is 0 Å². The van der Waals surface area contributed by atoms with Crippen LogP contribution in [0, 0.1) is 0 Å². The summed E-state index contributed by atoms with van der Waals surface area (Å²) >= 11 is 0.328. The normalized spacial score (nSPS) is 19.2. The Morgan fingerprint density at radius 2 is 2.22 bits per heavy atom. The first-order valence-corrected chi connectivity index (χ1v) is 6.21. The molecule has 52 valence electrons. The van der Waals surface area contributed by atoms with E-state index in [1.54, 1.807) is 3.58 Å². The molecule has 0 spiro atoms. The first kappa shape index (κ1) is 7.12. The van der Waals surface area contributed by atoms with Crippen LogP contribution in [0.25, 0.3) is 0 Å². The summed E-state index contributed by atoms with van der Waals surface area (Å²) in [7, 11) is 0. The summed E-state index contributed by atoms with van der Waals surface area (Å²) in [4.78, 5) is 2.29.